The van der Waals surface area contributed by atoms with Gasteiger partial charge in [-0.25, -0.2) is 0 Å². The van der Waals surface area contributed by atoms with Crippen LogP contribution in [0, 0.1) is 0 Å². The fraction of sp³-hybridized carbons (Fsp3) is 0.625. The molecule has 1 aromatic heterocycles. The molecule has 0 aromatic carbocycles. The molecule has 0 aliphatic carbocycles. The Labute approximate surface area is 171 Å². The third-order valence-electron chi connectivity index (χ3n) is 3.94. The van der Waals surface area contributed by atoms with Crippen molar-refractivity contribution in [1.82, 2.24) is 24.9 Å². The molecule has 2 rings (SSSR count). The molecule has 1 N–H and O–H groups in total. The molecule has 146 valence electrons. The number of aryl methyl sites for hydroxylation is 1. The van der Waals surface area contributed by atoms with Crippen LogP contribution in [0.3, 0.4) is 0 Å². The van der Waals surface area contributed by atoms with Crippen molar-refractivity contribution in [2.75, 3.05) is 51.7 Å². The zero-order valence-electron chi connectivity index (χ0n) is 15.8. The number of halogens is 1. The summed E-state index contributed by atoms with van der Waals surface area (Å²) in [7, 11) is 5.29. The first kappa shape index (κ1) is 22.2. The minimum atomic E-state index is 0. The number of nitrogens with one attached hydrogen (secondary N) is 1. The van der Waals surface area contributed by atoms with Crippen molar-refractivity contribution in [2.45, 2.75) is 13.3 Å². The highest BCUT2D eigenvalue weighted by Gasteiger charge is 2.27. The molecule has 2 amide bonds. The maximum absolute atomic E-state index is 12.5. The van der Waals surface area contributed by atoms with Gasteiger partial charge in [-0.3, -0.25) is 19.3 Å². The number of hydrogen-bond acceptors (Lipinski definition) is 4. The Bertz CT molecular complexity index is 644. The number of carbonyl (C=O) groups is 2. The van der Waals surface area contributed by atoms with Gasteiger partial charge < -0.3 is 20.0 Å². The average Bonchev–Trinajstić information content (AvgIpc) is 2.99. The molecule has 0 saturated carbocycles. The molecule has 0 spiro atoms. The number of rotatable bonds is 5. The summed E-state index contributed by atoms with van der Waals surface area (Å²) >= 11 is 0. The van der Waals surface area contributed by atoms with Crippen LogP contribution >= 0.6 is 24.0 Å². The molecule has 1 fully saturated rings. The van der Waals surface area contributed by atoms with Gasteiger partial charge in [0.1, 0.15) is 6.54 Å². The lowest BCUT2D eigenvalue weighted by atomic mass is 10.3. The van der Waals surface area contributed by atoms with Crippen LogP contribution in [0.4, 0.5) is 5.69 Å². The smallest absolute Gasteiger partial charge is 0.246 e. The molecule has 0 unspecified atom stereocenters. The predicted octanol–water partition coefficient (Wildman–Crippen LogP) is 0.131. The van der Waals surface area contributed by atoms with Crippen LogP contribution in [0.5, 0.6) is 0 Å². The molecule has 0 radical (unpaired) electrons. The van der Waals surface area contributed by atoms with E-state index >= 15 is 0 Å². The third kappa shape index (κ3) is 5.85. The minimum Gasteiger partial charge on any atom is -0.357 e. The molecule has 2 heterocycles. The molecule has 0 atom stereocenters. The minimum absolute atomic E-state index is 0. The Morgan fingerprint density at radius 1 is 1.38 bits per heavy atom. The van der Waals surface area contributed by atoms with Crippen LogP contribution < -0.4 is 10.2 Å². The van der Waals surface area contributed by atoms with E-state index in [1.807, 2.05) is 25.1 Å². The Morgan fingerprint density at radius 3 is 2.65 bits per heavy atom. The molecular formula is C16H28IN7O2. The molecule has 9 nitrogen and oxygen atoms in total. The second kappa shape index (κ2) is 10.3. The summed E-state index contributed by atoms with van der Waals surface area (Å²) in [6.45, 7) is 4.59. The summed E-state index contributed by atoms with van der Waals surface area (Å²) in [5.41, 5.74) is 0.811. The summed E-state index contributed by atoms with van der Waals surface area (Å²) < 4.78 is 1.68. The number of aromatic nitrogens is 2. The van der Waals surface area contributed by atoms with Crippen molar-refractivity contribution < 1.29 is 9.59 Å². The van der Waals surface area contributed by atoms with Crippen molar-refractivity contribution >= 4 is 47.4 Å². The Hall–Kier alpha value is -1.85. The van der Waals surface area contributed by atoms with Gasteiger partial charge in [0.15, 0.2) is 5.96 Å². The van der Waals surface area contributed by atoms with E-state index in [0.717, 1.165) is 5.69 Å². The first-order valence-corrected chi connectivity index (χ1v) is 8.44. The van der Waals surface area contributed by atoms with E-state index in [-0.39, 0.29) is 42.3 Å². The average molecular weight is 477 g/mol. The molecular weight excluding hydrogens is 449 g/mol. The van der Waals surface area contributed by atoms with Crippen LogP contribution in [-0.4, -0.2) is 84.2 Å². The van der Waals surface area contributed by atoms with Gasteiger partial charge in [-0.1, -0.05) is 0 Å². The van der Waals surface area contributed by atoms with Crippen molar-refractivity contribution in [1.29, 1.82) is 0 Å². The van der Waals surface area contributed by atoms with Gasteiger partial charge >= 0.3 is 0 Å². The quantitative estimate of drug-likeness (QED) is 0.370. The van der Waals surface area contributed by atoms with Crippen molar-refractivity contribution in [3.8, 4) is 0 Å². The van der Waals surface area contributed by atoms with Gasteiger partial charge in [0.05, 0.1) is 18.4 Å². The highest BCUT2D eigenvalue weighted by molar-refractivity contribution is 14.0. The molecule has 1 aliphatic heterocycles. The Balaban J connectivity index is 0.00000338. The number of anilines is 1. The zero-order chi connectivity index (χ0) is 18.4. The molecule has 1 aliphatic rings. The summed E-state index contributed by atoms with van der Waals surface area (Å²) in [5.74, 6) is 0.722. The second-order valence-corrected chi connectivity index (χ2v) is 6.11. The highest BCUT2D eigenvalue weighted by Crippen LogP contribution is 2.16. The van der Waals surface area contributed by atoms with Gasteiger partial charge in [-0.05, 0) is 6.92 Å². The van der Waals surface area contributed by atoms with Crippen LogP contribution in [0.1, 0.15) is 13.3 Å². The van der Waals surface area contributed by atoms with E-state index in [4.69, 9.17) is 0 Å². The standard InChI is InChI=1S/C16H27N7O2.HI/c1-5-17-16(18-7-6-14(24)20(2)3)22-8-9-23(15(25)12-22)13-10-19-21(4)11-13;/h10-11H,5-9,12H2,1-4H3,(H,17,18);1H. The van der Waals surface area contributed by atoms with Crippen LogP contribution in [-0.2, 0) is 16.6 Å². The number of piperazine rings is 1. The van der Waals surface area contributed by atoms with Gasteiger partial charge in [-0.2, -0.15) is 5.10 Å². The van der Waals surface area contributed by atoms with Gasteiger partial charge in [0, 0.05) is 53.4 Å². The fourth-order valence-corrected chi connectivity index (χ4v) is 2.58. The monoisotopic (exact) mass is 477 g/mol. The van der Waals surface area contributed by atoms with Crippen LogP contribution in [0.25, 0.3) is 0 Å². The van der Waals surface area contributed by atoms with Crippen LogP contribution in [0.2, 0.25) is 0 Å². The van der Waals surface area contributed by atoms with E-state index in [2.05, 4.69) is 15.4 Å². The number of guanidine groups is 1. The van der Waals surface area contributed by atoms with Gasteiger partial charge in [0.2, 0.25) is 11.8 Å². The van der Waals surface area contributed by atoms with Crippen molar-refractivity contribution in [3.63, 3.8) is 0 Å². The van der Waals surface area contributed by atoms with E-state index in [9.17, 15) is 9.59 Å². The largest absolute Gasteiger partial charge is 0.357 e. The van der Waals surface area contributed by atoms with Gasteiger partial charge in [-0.15, -0.1) is 24.0 Å². The molecule has 1 saturated heterocycles. The summed E-state index contributed by atoms with van der Waals surface area (Å²) in [4.78, 5) is 33.9. The van der Waals surface area contributed by atoms with E-state index < -0.39 is 0 Å². The number of amides is 2. The fourth-order valence-electron chi connectivity index (χ4n) is 2.58. The number of carbonyl (C=O) groups excluding carboxylic acids is 2. The zero-order valence-corrected chi connectivity index (χ0v) is 18.1. The van der Waals surface area contributed by atoms with Crippen molar-refractivity contribution in [3.05, 3.63) is 12.4 Å². The first-order valence-electron chi connectivity index (χ1n) is 8.44. The lowest BCUT2D eigenvalue weighted by molar-refractivity contribution is -0.128. The molecule has 26 heavy (non-hydrogen) atoms. The lowest BCUT2D eigenvalue weighted by Crippen LogP contribution is -2.55. The summed E-state index contributed by atoms with van der Waals surface area (Å²) in [6.07, 6.45) is 3.88. The van der Waals surface area contributed by atoms with Crippen LogP contribution in [0.15, 0.2) is 17.4 Å². The summed E-state index contributed by atoms with van der Waals surface area (Å²) in [6, 6.07) is 0. The molecule has 1 aromatic rings. The normalized spacial score (nSPS) is 14.9. The SMILES string of the molecule is CCNC(=NCCC(=O)N(C)C)N1CCN(c2cnn(C)c2)C(=O)C1.I. The Morgan fingerprint density at radius 2 is 2.12 bits per heavy atom. The number of hydrogen-bond donors (Lipinski definition) is 1. The second-order valence-electron chi connectivity index (χ2n) is 6.11. The summed E-state index contributed by atoms with van der Waals surface area (Å²) in [5, 5.41) is 7.32. The van der Waals surface area contributed by atoms with Crippen molar-refractivity contribution in [2.24, 2.45) is 12.0 Å². The topological polar surface area (TPSA) is 86.1 Å². The van der Waals surface area contributed by atoms with E-state index in [0.29, 0.717) is 38.6 Å². The predicted molar refractivity (Wildman–Crippen MR) is 112 cm³/mol. The first-order chi connectivity index (χ1) is 11.9. The maximum Gasteiger partial charge on any atom is 0.246 e. The third-order valence-corrected chi connectivity index (χ3v) is 3.94. The van der Waals surface area contributed by atoms with E-state index in [1.54, 1.807) is 34.8 Å². The molecule has 10 heteroatoms. The Kier molecular flexibility index (Phi) is 8.82. The lowest BCUT2D eigenvalue weighted by Gasteiger charge is -2.35. The molecule has 0 bridgehead atoms. The highest BCUT2D eigenvalue weighted by atomic mass is 127. The number of nitrogens with zero attached hydrogens (tertiary/aromatic N) is 6. The van der Waals surface area contributed by atoms with Gasteiger partial charge in [0.25, 0.3) is 0 Å². The maximum atomic E-state index is 12.5. The number of aliphatic imine (C=N–C) groups is 1. The van der Waals surface area contributed by atoms with E-state index in [1.165, 1.54) is 0 Å².